The number of carbonyl (C=O) groups excluding carboxylic acids is 1. The predicted octanol–water partition coefficient (Wildman–Crippen LogP) is 3.65. The SMILES string of the molecule is Cc1ccccc1CCC(=O)c1ccc(N2CCOCC2)cc1. The van der Waals surface area contributed by atoms with E-state index in [4.69, 9.17) is 4.74 Å². The Bertz CT molecular complexity index is 658. The van der Waals surface area contributed by atoms with Crippen molar-refractivity contribution in [1.29, 1.82) is 0 Å². The van der Waals surface area contributed by atoms with Gasteiger partial charge in [-0.2, -0.15) is 0 Å². The summed E-state index contributed by atoms with van der Waals surface area (Å²) in [6, 6.07) is 16.3. The molecular weight excluding hydrogens is 286 g/mol. The molecule has 1 heterocycles. The number of carbonyl (C=O) groups is 1. The lowest BCUT2D eigenvalue weighted by molar-refractivity contribution is 0.0982. The Morgan fingerprint density at radius 3 is 2.43 bits per heavy atom. The molecule has 0 bridgehead atoms. The fourth-order valence-electron chi connectivity index (χ4n) is 2.96. The van der Waals surface area contributed by atoms with Crippen LogP contribution in [0.1, 0.15) is 27.9 Å². The number of anilines is 1. The second-order valence-corrected chi connectivity index (χ2v) is 6.00. The second-order valence-electron chi connectivity index (χ2n) is 6.00. The summed E-state index contributed by atoms with van der Waals surface area (Å²) in [7, 11) is 0. The number of benzene rings is 2. The summed E-state index contributed by atoms with van der Waals surface area (Å²) in [5.41, 5.74) is 4.48. The van der Waals surface area contributed by atoms with Gasteiger partial charge in [0.05, 0.1) is 13.2 Å². The molecule has 1 aliphatic heterocycles. The summed E-state index contributed by atoms with van der Waals surface area (Å²) in [5, 5.41) is 0. The minimum atomic E-state index is 0.210. The highest BCUT2D eigenvalue weighted by molar-refractivity contribution is 5.96. The van der Waals surface area contributed by atoms with Crippen LogP contribution in [0.3, 0.4) is 0 Å². The largest absolute Gasteiger partial charge is 0.378 e. The molecule has 3 heteroatoms. The van der Waals surface area contributed by atoms with Crippen molar-refractivity contribution in [3.63, 3.8) is 0 Å². The van der Waals surface area contributed by atoms with Crippen LogP contribution in [0, 0.1) is 6.92 Å². The summed E-state index contributed by atoms with van der Waals surface area (Å²) in [6.45, 7) is 5.48. The van der Waals surface area contributed by atoms with Gasteiger partial charge >= 0.3 is 0 Å². The van der Waals surface area contributed by atoms with Crippen molar-refractivity contribution in [3.05, 3.63) is 65.2 Å². The molecule has 3 nitrogen and oxygen atoms in total. The van der Waals surface area contributed by atoms with Gasteiger partial charge in [-0.05, 0) is 48.7 Å². The normalized spacial score (nSPS) is 14.7. The Balaban J connectivity index is 1.60. The van der Waals surface area contributed by atoms with Crippen molar-refractivity contribution in [1.82, 2.24) is 0 Å². The molecule has 1 saturated heterocycles. The van der Waals surface area contributed by atoms with Crippen LogP contribution in [0.25, 0.3) is 0 Å². The molecule has 0 atom stereocenters. The molecule has 0 aromatic heterocycles. The van der Waals surface area contributed by atoms with E-state index in [2.05, 4.69) is 24.0 Å². The number of nitrogens with zero attached hydrogens (tertiary/aromatic N) is 1. The molecule has 0 saturated carbocycles. The van der Waals surface area contributed by atoms with E-state index in [1.165, 1.54) is 16.8 Å². The third-order valence-corrected chi connectivity index (χ3v) is 4.45. The summed E-state index contributed by atoms with van der Waals surface area (Å²) in [5.74, 6) is 0.210. The van der Waals surface area contributed by atoms with Gasteiger partial charge in [-0.25, -0.2) is 0 Å². The number of hydrogen-bond acceptors (Lipinski definition) is 3. The molecule has 0 radical (unpaired) electrons. The van der Waals surface area contributed by atoms with Crippen LogP contribution in [0.4, 0.5) is 5.69 Å². The van der Waals surface area contributed by atoms with E-state index in [0.29, 0.717) is 6.42 Å². The van der Waals surface area contributed by atoms with Gasteiger partial charge in [0.2, 0.25) is 0 Å². The molecule has 0 aliphatic carbocycles. The zero-order chi connectivity index (χ0) is 16.1. The van der Waals surface area contributed by atoms with Crippen molar-refractivity contribution in [2.75, 3.05) is 31.2 Å². The standard InChI is InChI=1S/C20H23NO2/c1-16-4-2-3-5-17(16)8-11-20(22)18-6-9-19(10-7-18)21-12-14-23-15-13-21/h2-7,9-10H,8,11-15H2,1H3. The molecule has 3 rings (SSSR count). The maximum atomic E-state index is 12.4. The Hall–Kier alpha value is -2.13. The smallest absolute Gasteiger partial charge is 0.163 e. The minimum Gasteiger partial charge on any atom is -0.378 e. The average molecular weight is 309 g/mol. The molecule has 1 fully saturated rings. The zero-order valence-electron chi connectivity index (χ0n) is 13.6. The van der Waals surface area contributed by atoms with E-state index in [1.807, 2.05) is 36.4 Å². The molecule has 1 aliphatic rings. The molecular formula is C20H23NO2. The van der Waals surface area contributed by atoms with Crippen LogP contribution >= 0.6 is 0 Å². The third kappa shape index (κ3) is 3.99. The number of morpholine rings is 1. The van der Waals surface area contributed by atoms with E-state index in [-0.39, 0.29) is 5.78 Å². The monoisotopic (exact) mass is 309 g/mol. The maximum Gasteiger partial charge on any atom is 0.163 e. The Morgan fingerprint density at radius 1 is 1.04 bits per heavy atom. The summed E-state index contributed by atoms with van der Waals surface area (Å²) >= 11 is 0. The van der Waals surface area contributed by atoms with Crippen molar-refractivity contribution in [2.45, 2.75) is 19.8 Å². The van der Waals surface area contributed by atoms with Crippen LogP contribution in [0.2, 0.25) is 0 Å². The number of ketones is 1. The van der Waals surface area contributed by atoms with Crippen LogP contribution in [-0.2, 0) is 11.2 Å². The van der Waals surface area contributed by atoms with Gasteiger partial charge in [0.15, 0.2) is 5.78 Å². The lowest BCUT2D eigenvalue weighted by Crippen LogP contribution is -2.36. The van der Waals surface area contributed by atoms with E-state index >= 15 is 0 Å². The molecule has 2 aromatic carbocycles. The average Bonchev–Trinajstić information content (AvgIpc) is 2.62. The van der Waals surface area contributed by atoms with Crippen molar-refractivity contribution >= 4 is 11.5 Å². The van der Waals surface area contributed by atoms with Gasteiger partial charge in [0.1, 0.15) is 0 Å². The Kier molecular flexibility index (Phi) is 5.09. The molecule has 0 unspecified atom stereocenters. The number of hydrogen-bond donors (Lipinski definition) is 0. The number of ether oxygens (including phenoxy) is 1. The first-order valence-electron chi connectivity index (χ1n) is 8.24. The van der Waals surface area contributed by atoms with Crippen LogP contribution in [-0.4, -0.2) is 32.1 Å². The third-order valence-electron chi connectivity index (χ3n) is 4.45. The zero-order valence-corrected chi connectivity index (χ0v) is 13.6. The molecule has 0 spiro atoms. The van der Waals surface area contributed by atoms with Gasteiger partial charge in [0, 0.05) is 30.8 Å². The number of Topliss-reactive ketones (excluding diaryl/α,β-unsaturated/α-hetero) is 1. The van der Waals surface area contributed by atoms with Crippen molar-refractivity contribution in [2.24, 2.45) is 0 Å². The van der Waals surface area contributed by atoms with Gasteiger partial charge < -0.3 is 9.64 Å². The fraction of sp³-hybridized carbons (Fsp3) is 0.350. The summed E-state index contributed by atoms with van der Waals surface area (Å²) in [4.78, 5) is 14.7. The first kappa shape index (κ1) is 15.8. The van der Waals surface area contributed by atoms with Crippen molar-refractivity contribution < 1.29 is 9.53 Å². The highest BCUT2D eigenvalue weighted by Crippen LogP contribution is 2.18. The van der Waals surface area contributed by atoms with E-state index in [9.17, 15) is 4.79 Å². The van der Waals surface area contributed by atoms with Crippen LogP contribution in [0.15, 0.2) is 48.5 Å². The molecule has 0 amide bonds. The topological polar surface area (TPSA) is 29.5 Å². The quantitative estimate of drug-likeness (QED) is 0.790. The second kappa shape index (κ2) is 7.42. The lowest BCUT2D eigenvalue weighted by Gasteiger charge is -2.28. The number of aryl methyl sites for hydroxylation is 2. The number of rotatable bonds is 5. The molecule has 23 heavy (non-hydrogen) atoms. The molecule has 0 N–H and O–H groups in total. The maximum absolute atomic E-state index is 12.4. The fourth-order valence-corrected chi connectivity index (χ4v) is 2.96. The van der Waals surface area contributed by atoms with Gasteiger partial charge in [-0.3, -0.25) is 4.79 Å². The minimum absolute atomic E-state index is 0.210. The Labute approximate surface area is 137 Å². The first-order valence-corrected chi connectivity index (χ1v) is 8.24. The van der Waals surface area contributed by atoms with Gasteiger partial charge in [-0.15, -0.1) is 0 Å². The van der Waals surface area contributed by atoms with Gasteiger partial charge in [0.25, 0.3) is 0 Å². The van der Waals surface area contributed by atoms with Crippen molar-refractivity contribution in [3.8, 4) is 0 Å². The summed E-state index contributed by atoms with van der Waals surface area (Å²) in [6.07, 6.45) is 1.36. The van der Waals surface area contributed by atoms with E-state index < -0.39 is 0 Å². The van der Waals surface area contributed by atoms with E-state index in [1.54, 1.807) is 0 Å². The predicted molar refractivity (Wildman–Crippen MR) is 93.3 cm³/mol. The first-order chi connectivity index (χ1) is 11.2. The lowest BCUT2D eigenvalue weighted by atomic mass is 9.99. The Morgan fingerprint density at radius 2 is 1.74 bits per heavy atom. The van der Waals surface area contributed by atoms with Crippen LogP contribution < -0.4 is 4.90 Å². The summed E-state index contributed by atoms with van der Waals surface area (Å²) < 4.78 is 5.37. The van der Waals surface area contributed by atoms with Crippen LogP contribution in [0.5, 0.6) is 0 Å². The molecule has 120 valence electrons. The molecule has 2 aromatic rings. The van der Waals surface area contributed by atoms with E-state index in [0.717, 1.165) is 38.3 Å². The highest BCUT2D eigenvalue weighted by Gasteiger charge is 2.12. The highest BCUT2D eigenvalue weighted by atomic mass is 16.5. The van der Waals surface area contributed by atoms with Gasteiger partial charge in [-0.1, -0.05) is 24.3 Å².